The van der Waals surface area contributed by atoms with Crippen LogP contribution in [0, 0.1) is 6.92 Å². The molecule has 0 spiro atoms. The van der Waals surface area contributed by atoms with Crippen LogP contribution in [-0.4, -0.2) is 28.1 Å². The largest absolute Gasteiger partial charge is 0.482 e. The van der Waals surface area contributed by atoms with E-state index in [9.17, 15) is 13.2 Å². The van der Waals surface area contributed by atoms with Crippen LogP contribution in [0.3, 0.4) is 0 Å². The third-order valence-corrected chi connectivity index (χ3v) is 5.02. The molecule has 0 fully saturated rings. The predicted molar refractivity (Wildman–Crippen MR) is 91.0 cm³/mol. The van der Waals surface area contributed by atoms with Crippen molar-refractivity contribution in [2.45, 2.75) is 11.8 Å². The number of sulfonamides is 1. The predicted octanol–water partition coefficient (Wildman–Crippen LogP) is 3.00. The highest BCUT2D eigenvalue weighted by Gasteiger charge is 2.16. The maximum absolute atomic E-state index is 12.4. The number of carbonyl (C=O) groups excluding carboxylic acids is 1. The normalized spacial score (nSPS) is 11.0. The summed E-state index contributed by atoms with van der Waals surface area (Å²) in [5.41, 5.74) is 1.05. The van der Waals surface area contributed by atoms with Crippen LogP contribution in [-0.2, 0) is 19.6 Å². The van der Waals surface area contributed by atoms with Crippen molar-refractivity contribution >= 4 is 33.3 Å². The average Bonchev–Trinajstić information content (AvgIpc) is 2.57. The Morgan fingerprint density at radius 1 is 1.17 bits per heavy atom. The highest BCUT2D eigenvalue weighted by molar-refractivity contribution is 7.92. The van der Waals surface area contributed by atoms with Crippen molar-refractivity contribution in [2.24, 2.45) is 0 Å². The van der Waals surface area contributed by atoms with E-state index in [4.69, 9.17) is 16.3 Å². The maximum Gasteiger partial charge on any atom is 0.343 e. The molecule has 0 aliphatic rings. The first kappa shape index (κ1) is 18.1. The second kappa shape index (κ2) is 7.55. The van der Waals surface area contributed by atoms with Gasteiger partial charge in [-0.2, -0.15) is 0 Å². The number of halogens is 1. The lowest BCUT2D eigenvalue weighted by Crippen LogP contribution is -2.14. The summed E-state index contributed by atoms with van der Waals surface area (Å²) < 4.78 is 37.0. The summed E-state index contributed by atoms with van der Waals surface area (Å²) >= 11 is 5.99. The number of rotatable bonds is 6. The van der Waals surface area contributed by atoms with Gasteiger partial charge in [-0.05, 0) is 48.9 Å². The quantitative estimate of drug-likeness (QED) is 0.791. The van der Waals surface area contributed by atoms with E-state index in [1.807, 2.05) is 0 Å². The van der Waals surface area contributed by atoms with E-state index in [2.05, 4.69) is 9.46 Å². The lowest BCUT2D eigenvalue weighted by molar-refractivity contribution is -0.142. The molecule has 0 aromatic heterocycles. The van der Waals surface area contributed by atoms with Gasteiger partial charge in [0.15, 0.2) is 6.61 Å². The van der Waals surface area contributed by atoms with E-state index in [-0.39, 0.29) is 11.5 Å². The van der Waals surface area contributed by atoms with E-state index in [1.165, 1.54) is 31.4 Å². The summed E-state index contributed by atoms with van der Waals surface area (Å²) in [6.45, 7) is 1.48. The fraction of sp³-hybridized carbons (Fsp3) is 0.188. The average molecular weight is 370 g/mol. The molecule has 0 saturated carbocycles. The van der Waals surface area contributed by atoms with Gasteiger partial charge in [0.1, 0.15) is 5.75 Å². The minimum absolute atomic E-state index is 0.0623. The van der Waals surface area contributed by atoms with Gasteiger partial charge in [-0.25, -0.2) is 13.2 Å². The Balaban J connectivity index is 2.15. The smallest absolute Gasteiger partial charge is 0.343 e. The lowest BCUT2D eigenvalue weighted by atomic mass is 10.2. The Morgan fingerprint density at radius 2 is 1.83 bits per heavy atom. The van der Waals surface area contributed by atoms with Gasteiger partial charge < -0.3 is 9.47 Å². The number of ether oxygens (including phenoxy) is 2. The standard InChI is InChI=1S/C16H16ClNO5S/c1-11-14(17)4-3-5-15(11)18-24(20,21)13-8-6-12(7-9-13)23-10-16(19)22-2/h3-9,18H,10H2,1-2H3. The van der Waals surface area contributed by atoms with Gasteiger partial charge in [0.2, 0.25) is 0 Å². The van der Waals surface area contributed by atoms with E-state index in [0.29, 0.717) is 22.0 Å². The molecular formula is C16H16ClNO5S. The number of carbonyl (C=O) groups is 1. The summed E-state index contributed by atoms with van der Waals surface area (Å²) in [5, 5.41) is 0.474. The molecule has 128 valence electrons. The minimum atomic E-state index is -3.76. The molecule has 1 N–H and O–H groups in total. The van der Waals surface area contributed by atoms with E-state index in [1.54, 1.807) is 25.1 Å². The molecule has 0 heterocycles. The van der Waals surface area contributed by atoms with Crippen molar-refractivity contribution in [2.75, 3.05) is 18.4 Å². The molecule has 24 heavy (non-hydrogen) atoms. The van der Waals surface area contributed by atoms with Crippen LogP contribution >= 0.6 is 11.6 Å². The Morgan fingerprint density at radius 3 is 2.46 bits per heavy atom. The summed E-state index contributed by atoms with van der Waals surface area (Å²) in [6.07, 6.45) is 0. The van der Waals surface area contributed by atoms with E-state index >= 15 is 0 Å². The van der Waals surface area contributed by atoms with Crippen LogP contribution in [0.25, 0.3) is 0 Å². The molecule has 2 rings (SSSR count). The summed E-state index contributed by atoms with van der Waals surface area (Å²) in [4.78, 5) is 11.1. The number of esters is 1. The zero-order valence-electron chi connectivity index (χ0n) is 13.1. The number of anilines is 1. The van der Waals surface area contributed by atoms with Gasteiger partial charge in [-0.3, -0.25) is 4.72 Å². The Hall–Kier alpha value is -2.25. The van der Waals surface area contributed by atoms with Gasteiger partial charge in [0.05, 0.1) is 17.7 Å². The number of hydrogen-bond donors (Lipinski definition) is 1. The second-order valence-corrected chi connectivity index (χ2v) is 6.94. The summed E-state index contributed by atoms with van der Waals surface area (Å²) in [6, 6.07) is 10.7. The van der Waals surface area contributed by atoms with Crippen molar-refractivity contribution in [3.05, 3.63) is 53.1 Å². The fourth-order valence-electron chi connectivity index (χ4n) is 1.84. The molecule has 2 aromatic rings. The van der Waals surface area contributed by atoms with Crippen molar-refractivity contribution in [1.29, 1.82) is 0 Å². The van der Waals surface area contributed by atoms with E-state index < -0.39 is 16.0 Å². The van der Waals surface area contributed by atoms with Crippen molar-refractivity contribution in [3.8, 4) is 5.75 Å². The molecule has 0 amide bonds. The van der Waals surface area contributed by atoms with Crippen LogP contribution < -0.4 is 9.46 Å². The first-order valence-electron chi connectivity index (χ1n) is 6.91. The van der Waals surface area contributed by atoms with Gasteiger partial charge >= 0.3 is 5.97 Å². The number of nitrogens with one attached hydrogen (secondary N) is 1. The molecule has 0 aliphatic heterocycles. The SMILES string of the molecule is COC(=O)COc1ccc(S(=O)(=O)Nc2cccc(Cl)c2C)cc1. The first-order valence-corrected chi connectivity index (χ1v) is 8.77. The van der Waals surface area contributed by atoms with Gasteiger partial charge in [0, 0.05) is 5.02 Å². The third-order valence-electron chi connectivity index (χ3n) is 3.23. The first-order chi connectivity index (χ1) is 11.3. The van der Waals surface area contributed by atoms with Gasteiger partial charge in [0.25, 0.3) is 10.0 Å². The Labute approximate surface area is 145 Å². The monoisotopic (exact) mass is 369 g/mol. The molecule has 0 bridgehead atoms. The van der Waals surface area contributed by atoms with Crippen LogP contribution in [0.4, 0.5) is 5.69 Å². The van der Waals surface area contributed by atoms with Gasteiger partial charge in [-0.1, -0.05) is 17.7 Å². The van der Waals surface area contributed by atoms with Crippen LogP contribution in [0.5, 0.6) is 5.75 Å². The fourth-order valence-corrected chi connectivity index (χ4v) is 3.14. The molecule has 0 saturated heterocycles. The summed E-state index contributed by atoms with van der Waals surface area (Å²) in [7, 11) is -2.51. The molecule has 0 radical (unpaired) electrons. The van der Waals surface area contributed by atoms with Crippen molar-refractivity contribution < 1.29 is 22.7 Å². The number of hydrogen-bond acceptors (Lipinski definition) is 5. The topological polar surface area (TPSA) is 81.7 Å². The highest BCUT2D eigenvalue weighted by Crippen LogP contribution is 2.26. The van der Waals surface area contributed by atoms with Crippen LogP contribution in [0.1, 0.15) is 5.56 Å². The number of methoxy groups -OCH3 is 1. The van der Waals surface area contributed by atoms with Gasteiger partial charge in [-0.15, -0.1) is 0 Å². The maximum atomic E-state index is 12.4. The zero-order valence-corrected chi connectivity index (χ0v) is 14.6. The molecule has 2 aromatic carbocycles. The molecule has 8 heteroatoms. The molecule has 0 unspecified atom stereocenters. The number of benzene rings is 2. The lowest BCUT2D eigenvalue weighted by Gasteiger charge is -2.12. The minimum Gasteiger partial charge on any atom is -0.482 e. The summed E-state index contributed by atoms with van der Waals surface area (Å²) in [5.74, 6) is -0.164. The molecule has 0 atom stereocenters. The van der Waals surface area contributed by atoms with Crippen LogP contribution in [0.2, 0.25) is 5.02 Å². The molecule has 0 aliphatic carbocycles. The molecular weight excluding hydrogens is 354 g/mol. The zero-order chi connectivity index (χ0) is 17.7. The highest BCUT2D eigenvalue weighted by atomic mass is 35.5. The van der Waals surface area contributed by atoms with Crippen LogP contribution in [0.15, 0.2) is 47.4 Å². The Kier molecular flexibility index (Phi) is 5.69. The van der Waals surface area contributed by atoms with E-state index in [0.717, 1.165) is 0 Å². The third kappa shape index (κ3) is 4.39. The molecule has 6 nitrogen and oxygen atoms in total. The van der Waals surface area contributed by atoms with Crippen molar-refractivity contribution in [3.63, 3.8) is 0 Å². The Bertz CT molecular complexity index is 834. The second-order valence-electron chi connectivity index (χ2n) is 4.85. The van der Waals surface area contributed by atoms with Crippen molar-refractivity contribution in [1.82, 2.24) is 0 Å².